The van der Waals surface area contributed by atoms with E-state index in [4.69, 9.17) is 9.52 Å². The molecular formula is C14H19NO3. The lowest BCUT2D eigenvalue weighted by Crippen LogP contribution is -2.32. The van der Waals surface area contributed by atoms with Crippen molar-refractivity contribution in [1.82, 2.24) is 0 Å². The lowest BCUT2D eigenvalue weighted by molar-refractivity contribution is -0.131. The predicted molar refractivity (Wildman–Crippen MR) is 70.7 cm³/mol. The van der Waals surface area contributed by atoms with Crippen LogP contribution in [0.2, 0.25) is 0 Å². The second-order valence-electron chi connectivity index (χ2n) is 4.75. The first kappa shape index (κ1) is 12.7. The Morgan fingerprint density at radius 3 is 2.78 bits per heavy atom. The maximum atomic E-state index is 10.4. The Hall–Kier alpha value is -1.71. The molecule has 18 heavy (non-hydrogen) atoms. The minimum atomic E-state index is -0.964. The fourth-order valence-electron chi connectivity index (χ4n) is 2.42. The SMILES string of the molecule is CN(c1ccc(/C=C/C(=O)O)o1)C1CCCCC1. The molecule has 1 aliphatic carbocycles. The molecule has 0 bridgehead atoms. The molecule has 0 radical (unpaired) electrons. The van der Waals surface area contributed by atoms with E-state index in [0.29, 0.717) is 11.8 Å². The first-order valence-corrected chi connectivity index (χ1v) is 6.40. The van der Waals surface area contributed by atoms with E-state index in [2.05, 4.69) is 4.90 Å². The maximum absolute atomic E-state index is 10.4. The van der Waals surface area contributed by atoms with Crippen LogP contribution in [0.1, 0.15) is 37.9 Å². The predicted octanol–water partition coefficient (Wildman–Crippen LogP) is 3.15. The van der Waals surface area contributed by atoms with E-state index in [1.165, 1.54) is 38.2 Å². The van der Waals surface area contributed by atoms with E-state index in [1.54, 1.807) is 6.07 Å². The van der Waals surface area contributed by atoms with Gasteiger partial charge in [-0.05, 0) is 25.0 Å². The second-order valence-corrected chi connectivity index (χ2v) is 4.75. The van der Waals surface area contributed by atoms with Gasteiger partial charge in [-0.25, -0.2) is 4.79 Å². The number of carboxylic acid groups (broad SMARTS) is 1. The van der Waals surface area contributed by atoms with Crippen LogP contribution in [0.25, 0.3) is 6.08 Å². The average molecular weight is 249 g/mol. The van der Waals surface area contributed by atoms with Crippen LogP contribution in [-0.2, 0) is 4.79 Å². The summed E-state index contributed by atoms with van der Waals surface area (Å²) in [6.45, 7) is 0. The van der Waals surface area contributed by atoms with Crippen molar-refractivity contribution in [2.24, 2.45) is 0 Å². The largest absolute Gasteiger partial charge is 0.478 e. The number of hydrogen-bond donors (Lipinski definition) is 1. The van der Waals surface area contributed by atoms with Crippen LogP contribution >= 0.6 is 0 Å². The number of furan rings is 1. The van der Waals surface area contributed by atoms with Gasteiger partial charge in [-0.3, -0.25) is 0 Å². The number of hydrogen-bond acceptors (Lipinski definition) is 3. The van der Waals surface area contributed by atoms with Gasteiger partial charge in [-0.2, -0.15) is 0 Å². The highest BCUT2D eigenvalue weighted by atomic mass is 16.4. The van der Waals surface area contributed by atoms with Crippen molar-refractivity contribution in [2.75, 3.05) is 11.9 Å². The minimum Gasteiger partial charge on any atom is -0.478 e. The Kier molecular flexibility index (Phi) is 4.07. The standard InChI is InChI=1S/C14H19NO3/c1-15(11-5-3-2-4-6-11)13-9-7-12(18-13)8-10-14(16)17/h7-11H,2-6H2,1H3,(H,16,17)/b10-8+. The van der Waals surface area contributed by atoms with Gasteiger partial charge in [0.25, 0.3) is 0 Å². The van der Waals surface area contributed by atoms with E-state index in [9.17, 15) is 4.79 Å². The third-order valence-corrected chi connectivity index (χ3v) is 3.47. The molecule has 0 atom stereocenters. The zero-order valence-electron chi connectivity index (χ0n) is 10.6. The number of anilines is 1. The summed E-state index contributed by atoms with van der Waals surface area (Å²) in [5.74, 6) is 0.426. The lowest BCUT2D eigenvalue weighted by atomic mass is 9.94. The van der Waals surface area contributed by atoms with Crippen molar-refractivity contribution in [3.8, 4) is 0 Å². The molecule has 1 aromatic rings. The molecule has 0 amide bonds. The van der Waals surface area contributed by atoms with E-state index in [0.717, 1.165) is 12.0 Å². The summed E-state index contributed by atoms with van der Waals surface area (Å²) in [4.78, 5) is 12.6. The van der Waals surface area contributed by atoms with Crippen LogP contribution in [0.5, 0.6) is 0 Å². The van der Waals surface area contributed by atoms with Crippen LogP contribution in [0.3, 0.4) is 0 Å². The maximum Gasteiger partial charge on any atom is 0.328 e. The van der Waals surface area contributed by atoms with Gasteiger partial charge in [-0.1, -0.05) is 19.3 Å². The van der Waals surface area contributed by atoms with Gasteiger partial charge in [-0.15, -0.1) is 0 Å². The highest BCUT2D eigenvalue weighted by molar-refractivity contribution is 5.84. The first-order chi connectivity index (χ1) is 8.66. The van der Waals surface area contributed by atoms with Crippen LogP contribution in [0, 0.1) is 0 Å². The van der Waals surface area contributed by atoms with Crippen LogP contribution in [0.15, 0.2) is 22.6 Å². The lowest BCUT2D eigenvalue weighted by Gasteiger charge is -2.30. The Morgan fingerprint density at radius 1 is 1.39 bits per heavy atom. The smallest absolute Gasteiger partial charge is 0.328 e. The quantitative estimate of drug-likeness (QED) is 0.833. The van der Waals surface area contributed by atoms with Gasteiger partial charge in [0.1, 0.15) is 5.76 Å². The zero-order chi connectivity index (χ0) is 13.0. The molecule has 0 saturated heterocycles. The molecule has 1 aromatic heterocycles. The monoisotopic (exact) mass is 249 g/mol. The Morgan fingerprint density at radius 2 is 2.11 bits per heavy atom. The molecule has 1 aliphatic rings. The molecule has 0 aromatic carbocycles. The van der Waals surface area contributed by atoms with E-state index < -0.39 is 5.97 Å². The van der Waals surface area contributed by atoms with Gasteiger partial charge >= 0.3 is 5.97 Å². The molecular weight excluding hydrogens is 230 g/mol. The zero-order valence-corrected chi connectivity index (χ0v) is 10.6. The van der Waals surface area contributed by atoms with Gasteiger partial charge in [0.05, 0.1) is 0 Å². The van der Waals surface area contributed by atoms with E-state index >= 15 is 0 Å². The summed E-state index contributed by atoms with van der Waals surface area (Å²) in [5, 5.41) is 8.56. The highest BCUT2D eigenvalue weighted by Crippen LogP contribution is 2.27. The van der Waals surface area contributed by atoms with Crippen molar-refractivity contribution in [1.29, 1.82) is 0 Å². The number of carboxylic acids is 1. The number of carbonyl (C=O) groups is 1. The van der Waals surface area contributed by atoms with Crippen molar-refractivity contribution >= 4 is 17.9 Å². The third kappa shape index (κ3) is 3.15. The van der Waals surface area contributed by atoms with Gasteiger partial charge in [0.15, 0.2) is 5.88 Å². The topological polar surface area (TPSA) is 53.7 Å². The van der Waals surface area contributed by atoms with E-state index in [1.807, 2.05) is 13.1 Å². The van der Waals surface area contributed by atoms with Gasteiger partial charge in [0.2, 0.25) is 0 Å². The second kappa shape index (κ2) is 5.76. The van der Waals surface area contributed by atoms with Crippen molar-refractivity contribution in [2.45, 2.75) is 38.1 Å². The number of nitrogens with zero attached hydrogens (tertiary/aromatic N) is 1. The van der Waals surface area contributed by atoms with Crippen molar-refractivity contribution < 1.29 is 14.3 Å². The number of rotatable bonds is 4. The van der Waals surface area contributed by atoms with Crippen molar-refractivity contribution in [3.05, 3.63) is 24.0 Å². The Bertz CT molecular complexity index is 430. The molecule has 1 N–H and O–H groups in total. The summed E-state index contributed by atoms with van der Waals surface area (Å²) in [6.07, 6.45) is 8.86. The summed E-state index contributed by atoms with van der Waals surface area (Å²) in [7, 11) is 2.04. The highest BCUT2D eigenvalue weighted by Gasteiger charge is 2.20. The fraction of sp³-hybridized carbons (Fsp3) is 0.500. The van der Waals surface area contributed by atoms with Crippen LogP contribution in [-0.4, -0.2) is 24.2 Å². The normalized spacial score (nSPS) is 17.2. The van der Waals surface area contributed by atoms with Crippen molar-refractivity contribution in [3.63, 3.8) is 0 Å². The molecule has 1 fully saturated rings. The van der Waals surface area contributed by atoms with E-state index in [-0.39, 0.29) is 0 Å². The fourth-order valence-corrected chi connectivity index (χ4v) is 2.42. The molecule has 0 aliphatic heterocycles. The molecule has 0 unspecified atom stereocenters. The Balaban J connectivity index is 2.02. The molecule has 4 heteroatoms. The molecule has 98 valence electrons. The third-order valence-electron chi connectivity index (χ3n) is 3.47. The molecule has 1 saturated carbocycles. The minimum absolute atomic E-state index is 0.543. The first-order valence-electron chi connectivity index (χ1n) is 6.40. The summed E-state index contributed by atoms with van der Waals surface area (Å²) < 4.78 is 5.62. The molecule has 2 rings (SSSR count). The number of aliphatic carboxylic acids is 1. The van der Waals surface area contributed by atoms with Crippen LogP contribution in [0.4, 0.5) is 5.88 Å². The van der Waals surface area contributed by atoms with Crippen LogP contribution < -0.4 is 4.90 Å². The summed E-state index contributed by atoms with van der Waals surface area (Å²) in [6, 6.07) is 4.24. The van der Waals surface area contributed by atoms with Gasteiger partial charge in [0, 0.05) is 25.2 Å². The summed E-state index contributed by atoms with van der Waals surface area (Å²) >= 11 is 0. The van der Waals surface area contributed by atoms with Gasteiger partial charge < -0.3 is 14.4 Å². The molecule has 0 spiro atoms. The average Bonchev–Trinajstić information content (AvgIpc) is 2.85. The Labute approximate surface area is 107 Å². The molecule has 4 nitrogen and oxygen atoms in total. The summed E-state index contributed by atoms with van der Waals surface area (Å²) in [5.41, 5.74) is 0. The molecule has 1 heterocycles.